The van der Waals surface area contributed by atoms with Gasteiger partial charge >= 0.3 is 0 Å². The normalized spacial score (nSPS) is 11.3. The Morgan fingerprint density at radius 1 is 1.22 bits per heavy atom. The van der Waals surface area contributed by atoms with Crippen LogP contribution < -0.4 is 10.5 Å². The van der Waals surface area contributed by atoms with Crippen LogP contribution in [0.4, 0.5) is 5.13 Å². The summed E-state index contributed by atoms with van der Waals surface area (Å²) in [7, 11) is 0. The maximum absolute atomic E-state index is 11.1. The van der Waals surface area contributed by atoms with Gasteiger partial charge in [0.25, 0.3) is 0 Å². The van der Waals surface area contributed by atoms with Gasteiger partial charge in [0, 0.05) is 5.56 Å². The minimum Gasteiger partial charge on any atom is -0.545 e. The highest BCUT2D eigenvalue weighted by molar-refractivity contribution is 7.22. The number of anilines is 1. The van der Waals surface area contributed by atoms with Gasteiger partial charge in [-0.3, -0.25) is 5.43 Å². The van der Waals surface area contributed by atoms with Gasteiger partial charge in [0.2, 0.25) is 5.13 Å². The van der Waals surface area contributed by atoms with Crippen LogP contribution in [0.25, 0.3) is 21.5 Å². The zero-order valence-electron chi connectivity index (χ0n) is 14.3. The number of rotatable bonds is 5. The summed E-state index contributed by atoms with van der Waals surface area (Å²) in [5.41, 5.74) is 5.54. The highest BCUT2D eigenvalue weighted by atomic mass is 32.1. The number of furan rings is 1. The summed E-state index contributed by atoms with van der Waals surface area (Å²) >= 11 is 1.51. The molecule has 4 aromatic rings. The predicted molar refractivity (Wildman–Crippen MR) is 104 cm³/mol. The summed E-state index contributed by atoms with van der Waals surface area (Å²) in [6.07, 6.45) is 1.55. The lowest BCUT2D eigenvalue weighted by molar-refractivity contribution is -0.255. The van der Waals surface area contributed by atoms with Crippen molar-refractivity contribution in [3.8, 4) is 11.3 Å². The molecule has 4 rings (SSSR count). The van der Waals surface area contributed by atoms with Crippen LogP contribution in [-0.2, 0) is 0 Å². The molecule has 0 bridgehead atoms. The molecule has 0 amide bonds. The zero-order chi connectivity index (χ0) is 18.8. The Bertz CT molecular complexity index is 1130. The van der Waals surface area contributed by atoms with E-state index in [-0.39, 0.29) is 5.56 Å². The first-order valence-corrected chi connectivity index (χ1v) is 8.99. The van der Waals surface area contributed by atoms with E-state index in [4.69, 9.17) is 4.42 Å². The molecular weight excluding hydrogens is 362 g/mol. The summed E-state index contributed by atoms with van der Waals surface area (Å²) in [6.45, 7) is 1.89. The third kappa shape index (κ3) is 3.58. The first-order valence-electron chi connectivity index (χ1n) is 8.17. The second-order valence-corrected chi connectivity index (χ2v) is 6.91. The lowest BCUT2D eigenvalue weighted by atomic mass is 10.0. The van der Waals surface area contributed by atoms with Crippen LogP contribution in [0.15, 0.2) is 64.1 Å². The van der Waals surface area contributed by atoms with E-state index in [9.17, 15) is 9.90 Å². The summed E-state index contributed by atoms with van der Waals surface area (Å²) in [5, 5.41) is 15.9. The van der Waals surface area contributed by atoms with Crippen LogP contribution >= 0.6 is 11.3 Å². The molecule has 0 radical (unpaired) electrons. The van der Waals surface area contributed by atoms with E-state index in [2.05, 4.69) is 15.5 Å². The van der Waals surface area contributed by atoms with Crippen LogP contribution in [0, 0.1) is 6.92 Å². The fraction of sp³-hybridized carbons (Fsp3) is 0.0500. The number of nitrogens with zero attached hydrogens (tertiary/aromatic N) is 2. The maximum atomic E-state index is 11.1. The van der Waals surface area contributed by atoms with Crippen molar-refractivity contribution in [2.24, 2.45) is 5.10 Å². The number of nitrogens with one attached hydrogen (secondary N) is 1. The highest BCUT2D eigenvalue weighted by Gasteiger charge is 2.08. The number of hydrogen-bond donors (Lipinski definition) is 1. The van der Waals surface area contributed by atoms with Crippen molar-refractivity contribution >= 4 is 38.9 Å². The minimum atomic E-state index is -1.22. The molecule has 0 atom stereocenters. The lowest BCUT2D eigenvalue weighted by Crippen LogP contribution is -2.22. The van der Waals surface area contributed by atoms with Crippen LogP contribution in [0.5, 0.6) is 0 Å². The summed E-state index contributed by atoms with van der Waals surface area (Å²) in [5.74, 6) is -0.112. The topological polar surface area (TPSA) is 90.5 Å². The number of thiazole rings is 1. The van der Waals surface area contributed by atoms with Crippen molar-refractivity contribution in [1.29, 1.82) is 0 Å². The lowest BCUT2D eigenvalue weighted by Gasteiger charge is -2.07. The number of para-hydroxylation sites is 1. The van der Waals surface area contributed by atoms with Gasteiger partial charge in [-0.15, -0.1) is 0 Å². The molecule has 0 saturated heterocycles. The molecule has 0 saturated carbocycles. The minimum absolute atomic E-state index is 0.111. The molecule has 6 nitrogen and oxygen atoms in total. The van der Waals surface area contributed by atoms with Gasteiger partial charge in [-0.2, -0.15) is 5.10 Å². The van der Waals surface area contributed by atoms with E-state index < -0.39 is 5.97 Å². The Labute approximate surface area is 158 Å². The Balaban J connectivity index is 1.52. The second kappa shape index (κ2) is 7.05. The van der Waals surface area contributed by atoms with Gasteiger partial charge in [0.1, 0.15) is 11.5 Å². The molecule has 27 heavy (non-hydrogen) atoms. The average Bonchev–Trinajstić information content (AvgIpc) is 3.28. The van der Waals surface area contributed by atoms with Crippen LogP contribution in [0.1, 0.15) is 21.7 Å². The molecular formula is C20H14N3O3S-. The van der Waals surface area contributed by atoms with E-state index in [1.807, 2.05) is 31.2 Å². The number of carbonyl (C=O) groups is 1. The van der Waals surface area contributed by atoms with Gasteiger partial charge < -0.3 is 14.3 Å². The molecule has 0 fully saturated rings. The number of hydrazone groups is 1. The average molecular weight is 376 g/mol. The van der Waals surface area contributed by atoms with Gasteiger partial charge in [0.15, 0.2) is 0 Å². The number of fused-ring (bicyclic) bond motifs is 1. The van der Waals surface area contributed by atoms with Crippen LogP contribution in [0.3, 0.4) is 0 Å². The standard InChI is InChI=1S/C20H15N3O3S/c1-12-6-7-13(19(24)25)10-15(12)17-9-8-14(26-17)11-21-23-20-22-16-4-2-3-5-18(16)27-20/h2-11H,1H3,(H,22,23)(H,24,25)/p-1/b21-11+. The molecule has 1 N–H and O–H groups in total. The predicted octanol–water partition coefficient (Wildman–Crippen LogP) is 3.67. The maximum Gasteiger partial charge on any atom is 0.204 e. The van der Waals surface area contributed by atoms with Crippen molar-refractivity contribution in [3.63, 3.8) is 0 Å². The first kappa shape index (κ1) is 17.0. The molecule has 7 heteroatoms. The van der Waals surface area contributed by atoms with Gasteiger partial charge in [-0.25, -0.2) is 4.98 Å². The van der Waals surface area contributed by atoms with Crippen molar-refractivity contribution < 1.29 is 14.3 Å². The van der Waals surface area contributed by atoms with Gasteiger partial charge in [-0.1, -0.05) is 35.6 Å². The fourth-order valence-corrected chi connectivity index (χ4v) is 3.47. The SMILES string of the molecule is Cc1ccc(C(=O)[O-])cc1-c1ccc(/C=N/Nc2nc3ccccc3s2)o1. The molecule has 134 valence electrons. The van der Waals surface area contributed by atoms with Crippen molar-refractivity contribution in [3.05, 3.63) is 71.5 Å². The molecule has 2 aromatic carbocycles. The number of carbonyl (C=O) groups excluding carboxylic acids is 1. The van der Waals surface area contributed by atoms with Crippen LogP contribution in [0.2, 0.25) is 0 Å². The quantitative estimate of drug-likeness (QED) is 0.424. The Hall–Kier alpha value is -3.45. The van der Waals surface area contributed by atoms with Crippen molar-refractivity contribution in [2.75, 3.05) is 5.43 Å². The third-order valence-corrected chi connectivity index (χ3v) is 4.95. The smallest absolute Gasteiger partial charge is 0.204 e. The Kier molecular flexibility index (Phi) is 4.43. The fourth-order valence-electron chi connectivity index (χ4n) is 2.65. The van der Waals surface area contributed by atoms with E-state index in [0.29, 0.717) is 22.2 Å². The molecule has 0 unspecified atom stereocenters. The number of hydrogen-bond acceptors (Lipinski definition) is 7. The number of aromatic carboxylic acids is 1. The summed E-state index contributed by atoms with van der Waals surface area (Å²) < 4.78 is 6.84. The summed E-state index contributed by atoms with van der Waals surface area (Å²) in [4.78, 5) is 15.5. The highest BCUT2D eigenvalue weighted by Crippen LogP contribution is 2.27. The van der Waals surface area contributed by atoms with Gasteiger partial charge in [-0.05, 0) is 48.4 Å². The molecule has 0 aliphatic rings. The molecule has 0 spiro atoms. The van der Waals surface area contributed by atoms with E-state index in [1.54, 1.807) is 30.5 Å². The number of aromatic nitrogens is 1. The number of carboxylic acid groups (broad SMARTS) is 1. The van der Waals surface area contributed by atoms with E-state index in [0.717, 1.165) is 15.8 Å². The first-order chi connectivity index (χ1) is 13.1. The van der Waals surface area contributed by atoms with Gasteiger partial charge in [0.05, 0.1) is 22.4 Å². The number of aryl methyl sites for hydroxylation is 1. The molecule has 2 aromatic heterocycles. The summed E-state index contributed by atoms with van der Waals surface area (Å²) in [6, 6.07) is 16.2. The van der Waals surface area contributed by atoms with E-state index in [1.165, 1.54) is 17.4 Å². The van der Waals surface area contributed by atoms with Crippen molar-refractivity contribution in [1.82, 2.24) is 4.98 Å². The van der Waals surface area contributed by atoms with Crippen molar-refractivity contribution in [2.45, 2.75) is 6.92 Å². The Morgan fingerprint density at radius 3 is 2.89 bits per heavy atom. The monoisotopic (exact) mass is 376 g/mol. The molecule has 0 aliphatic heterocycles. The van der Waals surface area contributed by atoms with Crippen LogP contribution in [-0.4, -0.2) is 17.2 Å². The largest absolute Gasteiger partial charge is 0.545 e. The molecule has 2 heterocycles. The van der Waals surface area contributed by atoms with E-state index >= 15 is 0 Å². The Morgan fingerprint density at radius 2 is 2.07 bits per heavy atom. The number of benzene rings is 2. The number of carboxylic acids is 1. The second-order valence-electron chi connectivity index (χ2n) is 5.88. The molecule has 0 aliphatic carbocycles. The third-order valence-electron chi connectivity index (χ3n) is 4.01. The zero-order valence-corrected chi connectivity index (χ0v) is 15.1.